The van der Waals surface area contributed by atoms with Gasteiger partial charge in [0.1, 0.15) is 0 Å². The Labute approximate surface area is 174 Å². The van der Waals surface area contributed by atoms with Crippen molar-refractivity contribution < 1.29 is 13.2 Å². The number of rotatable bonds is 6. The van der Waals surface area contributed by atoms with E-state index in [0.717, 1.165) is 12.0 Å². The standard InChI is InChI=1S/C20H22N4O3S2/c1-15(12-23-9-7-21-14-23)22-20(25)16-3-2-4-18(11-16)29(26,27)24-8-5-19-17(13-24)6-10-28-19/h2-4,6-7,9-11,14-15H,5,8,12-13H2,1H3,(H,22,25)/t15-/m1/s1. The van der Waals surface area contributed by atoms with E-state index in [0.29, 0.717) is 25.2 Å². The van der Waals surface area contributed by atoms with Crippen molar-refractivity contribution in [2.75, 3.05) is 6.54 Å². The molecule has 29 heavy (non-hydrogen) atoms. The Morgan fingerprint density at radius 3 is 3.00 bits per heavy atom. The van der Waals surface area contributed by atoms with Crippen LogP contribution in [0.25, 0.3) is 0 Å². The first-order chi connectivity index (χ1) is 13.9. The lowest BCUT2D eigenvalue weighted by atomic mass is 10.1. The van der Waals surface area contributed by atoms with Crippen molar-refractivity contribution in [2.45, 2.75) is 37.4 Å². The lowest BCUT2D eigenvalue weighted by Crippen LogP contribution is -2.36. The monoisotopic (exact) mass is 430 g/mol. The van der Waals surface area contributed by atoms with E-state index < -0.39 is 10.0 Å². The first kappa shape index (κ1) is 19.8. The summed E-state index contributed by atoms with van der Waals surface area (Å²) in [5.41, 5.74) is 1.39. The van der Waals surface area contributed by atoms with Crippen LogP contribution in [-0.2, 0) is 29.5 Å². The zero-order chi connectivity index (χ0) is 20.4. The molecule has 0 bridgehead atoms. The minimum absolute atomic E-state index is 0.129. The predicted molar refractivity (Wildman–Crippen MR) is 111 cm³/mol. The molecule has 0 fully saturated rings. The van der Waals surface area contributed by atoms with Gasteiger partial charge in [-0.2, -0.15) is 4.31 Å². The number of carbonyl (C=O) groups is 1. The number of aromatic nitrogens is 2. The summed E-state index contributed by atoms with van der Waals surface area (Å²) >= 11 is 1.67. The fourth-order valence-electron chi connectivity index (χ4n) is 3.44. The van der Waals surface area contributed by atoms with Gasteiger partial charge in [-0.3, -0.25) is 4.79 Å². The maximum Gasteiger partial charge on any atom is 0.251 e. The molecular weight excluding hydrogens is 408 g/mol. The molecule has 0 radical (unpaired) electrons. The molecule has 1 atom stereocenters. The maximum absolute atomic E-state index is 13.1. The summed E-state index contributed by atoms with van der Waals surface area (Å²) in [6, 6.07) is 8.10. The Morgan fingerprint density at radius 1 is 1.34 bits per heavy atom. The average molecular weight is 431 g/mol. The highest BCUT2D eigenvalue weighted by molar-refractivity contribution is 7.89. The lowest BCUT2D eigenvalue weighted by Gasteiger charge is -2.26. The third-order valence-electron chi connectivity index (χ3n) is 4.93. The van der Waals surface area contributed by atoms with Gasteiger partial charge in [0.05, 0.1) is 11.2 Å². The third kappa shape index (κ3) is 4.26. The van der Waals surface area contributed by atoms with E-state index in [-0.39, 0.29) is 16.8 Å². The minimum atomic E-state index is -3.66. The van der Waals surface area contributed by atoms with Crippen LogP contribution in [0.5, 0.6) is 0 Å². The zero-order valence-corrected chi connectivity index (χ0v) is 17.6. The van der Waals surface area contributed by atoms with E-state index in [1.54, 1.807) is 42.1 Å². The molecule has 1 aliphatic heterocycles. The summed E-state index contributed by atoms with van der Waals surface area (Å²) in [5, 5.41) is 4.90. The molecule has 0 aliphatic carbocycles. The molecule has 3 aromatic rings. The Balaban J connectivity index is 1.48. The quantitative estimate of drug-likeness (QED) is 0.651. The zero-order valence-electron chi connectivity index (χ0n) is 16.0. The number of imidazole rings is 1. The van der Waals surface area contributed by atoms with Gasteiger partial charge in [-0.1, -0.05) is 6.07 Å². The summed E-state index contributed by atoms with van der Waals surface area (Å²) in [7, 11) is -3.66. The van der Waals surface area contributed by atoms with Gasteiger partial charge in [-0.15, -0.1) is 11.3 Å². The molecular formula is C20H22N4O3S2. The van der Waals surface area contributed by atoms with Crippen molar-refractivity contribution in [1.29, 1.82) is 0 Å². The summed E-state index contributed by atoms with van der Waals surface area (Å²) in [5.74, 6) is -0.298. The molecule has 1 aliphatic rings. The van der Waals surface area contributed by atoms with Crippen molar-refractivity contribution in [3.05, 3.63) is 70.4 Å². The van der Waals surface area contributed by atoms with Crippen molar-refractivity contribution >= 4 is 27.3 Å². The summed E-state index contributed by atoms with van der Waals surface area (Å²) in [6.45, 7) is 3.30. The van der Waals surface area contributed by atoms with E-state index in [1.165, 1.54) is 15.2 Å². The van der Waals surface area contributed by atoms with Gasteiger partial charge in [0.2, 0.25) is 10.0 Å². The number of carbonyl (C=O) groups excluding carboxylic acids is 1. The van der Waals surface area contributed by atoms with Gasteiger partial charge in [0.15, 0.2) is 0 Å². The molecule has 1 amide bonds. The number of nitrogens with one attached hydrogen (secondary N) is 1. The highest BCUT2D eigenvalue weighted by Crippen LogP contribution is 2.28. The number of amides is 1. The average Bonchev–Trinajstić information content (AvgIpc) is 3.39. The Bertz CT molecular complexity index is 1110. The summed E-state index contributed by atoms with van der Waals surface area (Å²) in [6.07, 6.45) is 5.92. The number of sulfonamides is 1. The molecule has 9 heteroatoms. The van der Waals surface area contributed by atoms with Gasteiger partial charge in [0, 0.05) is 48.5 Å². The first-order valence-corrected chi connectivity index (χ1v) is 11.7. The third-order valence-corrected chi connectivity index (χ3v) is 7.79. The van der Waals surface area contributed by atoms with Crippen LogP contribution in [0.3, 0.4) is 0 Å². The maximum atomic E-state index is 13.1. The Morgan fingerprint density at radius 2 is 2.21 bits per heavy atom. The molecule has 7 nitrogen and oxygen atoms in total. The van der Waals surface area contributed by atoms with Gasteiger partial charge in [0.25, 0.3) is 5.91 Å². The fraction of sp³-hybridized carbons (Fsp3) is 0.300. The summed E-state index contributed by atoms with van der Waals surface area (Å²) in [4.78, 5) is 18.0. The number of nitrogens with zero attached hydrogens (tertiary/aromatic N) is 3. The van der Waals surface area contributed by atoms with Crippen molar-refractivity contribution in [3.8, 4) is 0 Å². The van der Waals surface area contributed by atoms with Crippen LogP contribution in [0.4, 0.5) is 0 Å². The molecule has 3 heterocycles. The van der Waals surface area contributed by atoms with Crippen molar-refractivity contribution in [3.63, 3.8) is 0 Å². The van der Waals surface area contributed by atoms with Gasteiger partial charge in [-0.05, 0) is 48.6 Å². The molecule has 0 unspecified atom stereocenters. The van der Waals surface area contributed by atoms with Crippen LogP contribution in [0.1, 0.15) is 27.7 Å². The van der Waals surface area contributed by atoms with Gasteiger partial charge in [-0.25, -0.2) is 13.4 Å². The second-order valence-electron chi connectivity index (χ2n) is 7.12. The SMILES string of the molecule is C[C@H](Cn1ccnc1)NC(=O)c1cccc(S(=O)(=O)N2CCc3sccc3C2)c1. The van der Waals surface area contributed by atoms with Crippen molar-refractivity contribution in [1.82, 2.24) is 19.2 Å². The smallest absolute Gasteiger partial charge is 0.251 e. The van der Waals surface area contributed by atoms with Gasteiger partial charge >= 0.3 is 0 Å². The van der Waals surface area contributed by atoms with Crippen LogP contribution in [0.15, 0.2) is 59.3 Å². The van der Waals surface area contributed by atoms with Crippen LogP contribution >= 0.6 is 11.3 Å². The lowest BCUT2D eigenvalue weighted by molar-refractivity contribution is 0.0936. The largest absolute Gasteiger partial charge is 0.348 e. The number of benzene rings is 1. The number of thiophene rings is 1. The van der Waals surface area contributed by atoms with E-state index in [9.17, 15) is 13.2 Å². The van der Waals surface area contributed by atoms with Crippen LogP contribution in [-0.4, -0.2) is 40.8 Å². The first-order valence-electron chi connectivity index (χ1n) is 9.35. The molecule has 0 saturated carbocycles. The molecule has 4 rings (SSSR count). The van der Waals surface area contributed by atoms with E-state index in [1.807, 2.05) is 29.1 Å². The van der Waals surface area contributed by atoms with Gasteiger partial charge < -0.3 is 9.88 Å². The second kappa shape index (κ2) is 8.10. The Hall–Kier alpha value is -2.49. The van der Waals surface area contributed by atoms with E-state index >= 15 is 0 Å². The highest BCUT2D eigenvalue weighted by Gasteiger charge is 2.29. The fourth-order valence-corrected chi connectivity index (χ4v) is 5.79. The molecule has 2 aromatic heterocycles. The molecule has 1 aromatic carbocycles. The molecule has 1 N–H and O–H groups in total. The predicted octanol–water partition coefficient (Wildman–Crippen LogP) is 2.51. The number of fused-ring (bicyclic) bond motifs is 1. The van der Waals surface area contributed by atoms with Crippen LogP contribution in [0, 0.1) is 0 Å². The molecule has 0 spiro atoms. The minimum Gasteiger partial charge on any atom is -0.348 e. The topological polar surface area (TPSA) is 84.3 Å². The number of hydrogen-bond acceptors (Lipinski definition) is 5. The van der Waals surface area contributed by atoms with E-state index in [2.05, 4.69) is 10.3 Å². The molecule has 0 saturated heterocycles. The highest BCUT2D eigenvalue weighted by atomic mass is 32.2. The summed E-state index contributed by atoms with van der Waals surface area (Å²) < 4.78 is 29.6. The molecule has 152 valence electrons. The van der Waals surface area contributed by atoms with Crippen LogP contribution in [0.2, 0.25) is 0 Å². The number of hydrogen-bond donors (Lipinski definition) is 1. The van der Waals surface area contributed by atoms with E-state index in [4.69, 9.17) is 0 Å². The second-order valence-corrected chi connectivity index (χ2v) is 10.1. The van der Waals surface area contributed by atoms with Crippen molar-refractivity contribution in [2.24, 2.45) is 0 Å². The normalized spacial score (nSPS) is 15.6. The van der Waals surface area contributed by atoms with Crippen LogP contribution < -0.4 is 5.32 Å². The Kier molecular flexibility index (Phi) is 5.53.